The number of hydrogen-bond acceptors (Lipinski definition) is 5. The van der Waals surface area contributed by atoms with E-state index < -0.39 is 0 Å². The summed E-state index contributed by atoms with van der Waals surface area (Å²) in [6.45, 7) is 4.70. The van der Waals surface area contributed by atoms with Crippen molar-refractivity contribution in [2.75, 3.05) is 0 Å². The average Bonchev–Trinajstić information content (AvgIpc) is 3.02. The summed E-state index contributed by atoms with van der Waals surface area (Å²) in [4.78, 5) is 0. The molecule has 1 aliphatic rings. The molecule has 2 aromatic rings. The molecule has 1 aliphatic carbocycles. The van der Waals surface area contributed by atoms with Crippen molar-refractivity contribution in [3.8, 4) is 5.75 Å². The molecule has 23 heavy (non-hydrogen) atoms. The molecule has 124 valence electrons. The van der Waals surface area contributed by atoms with Gasteiger partial charge in [-0.2, -0.15) is 0 Å². The SMILES string of the molecule is CCc1nnc(CN[C@@H]2CCCC[C@@H]2Oc2cccc(C)c2)o1. The van der Waals surface area contributed by atoms with Gasteiger partial charge in [0.1, 0.15) is 11.9 Å². The van der Waals surface area contributed by atoms with Gasteiger partial charge in [0, 0.05) is 12.5 Å². The van der Waals surface area contributed by atoms with E-state index in [0.717, 1.165) is 25.0 Å². The van der Waals surface area contributed by atoms with Gasteiger partial charge in [-0.25, -0.2) is 0 Å². The molecular weight excluding hydrogens is 290 g/mol. The second-order valence-corrected chi connectivity index (χ2v) is 6.19. The molecule has 1 N–H and O–H groups in total. The van der Waals surface area contributed by atoms with Gasteiger partial charge in [0.2, 0.25) is 11.8 Å². The average molecular weight is 315 g/mol. The second kappa shape index (κ2) is 7.59. The van der Waals surface area contributed by atoms with E-state index in [1.165, 1.54) is 18.4 Å². The number of nitrogens with one attached hydrogen (secondary N) is 1. The Balaban J connectivity index is 1.59. The molecule has 5 heteroatoms. The van der Waals surface area contributed by atoms with Crippen molar-refractivity contribution in [2.24, 2.45) is 0 Å². The summed E-state index contributed by atoms with van der Waals surface area (Å²) < 4.78 is 11.8. The van der Waals surface area contributed by atoms with E-state index in [1.54, 1.807) is 0 Å². The number of ether oxygens (including phenoxy) is 1. The molecule has 1 saturated carbocycles. The molecule has 0 amide bonds. The fourth-order valence-corrected chi connectivity index (χ4v) is 3.06. The van der Waals surface area contributed by atoms with Gasteiger partial charge in [-0.05, 0) is 43.9 Å². The Labute approximate surface area is 137 Å². The van der Waals surface area contributed by atoms with Crippen LogP contribution in [-0.2, 0) is 13.0 Å². The fraction of sp³-hybridized carbons (Fsp3) is 0.556. The summed E-state index contributed by atoms with van der Waals surface area (Å²) in [6, 6.07) is 8.58. The molecule has 1 aromatic heterocycles. The molecule has 0 spiro atoms. The predicted molar refractivity (Wildman–Crippen MR) is 88.4 cm³/mol. The first-order valence-corrected chi connectivity index (χ1v) is 8.52. The van der Waals surface area contributed by atoms with Crippen LogP contribution in [0.25, 0.3) is 0 Å². The second-order valence-electron chi connectivity index (χ2n) is 6.19. The van der Waals surface area contributed by atoms with Gasteiger partial charge in [-0.1, -0.05) is 25.5 Å². The number of nitrogens with zero attached hydrogens (tertiary/aromatic N) is 2. The van der Waals surface area contributed by atoms with Crippen LogP contribution in [0.1, 0.15) is 50.0 Å². The zero-order valence-electron chi connectivity index (χ0n) is 13.9. The Morgan fingerprint density at radius 2 is 2.04 bits per heavy atom. The number of aryl methyl sites for hydroxylation is 2. The minimum absolute atomic E-state index is 0.194. The lowest BCUT2D eigenvalue weighted by Crippen LogP contribution is -2.44. The van der Waals surface area contributed by atoms with Gasteiger partial charge in [-0.15, -0.1) is 10.2 Å². The summed E-state index contributed by atoms with van der Waals surface area (Å²) in [6.07, 6.45) is 5.61. The zero-order valence-corrected chi connectivity index (χ0v) is 13.9. The van der Waals surface area contributed by atoms with Crippen molar-refractivity contribution in [3.05, 3.63) is 41.6 Å². The van der Waals surface area contributed by atoms with Gasteiger partial charge in [0.25, 0.3) is 0 Å². The molecule has 5 nitrogen and oxygen atoms in total. The number of benzene rings is 1. The Morgan fingerprint density at radius 3 is 2.83 bits per heavy atom. The molecule has 3 rings (SSSR count). The highest BCUT2D eigenvalue weighted by molar-refractivity contribution is 5.27. The maximum absolute atomic E-state index is 6.23. The van der Waals surface area contributed by atoms with E-state index in [9.17, 15) is 0 Å². The number of aromatic nitrogens is 2. The first kappa shape index (κ1) is 16.0. The van der Waals surface area contributed by atoms with E-state index >= 15 is 0 Å². The molecule has 1 aromatic carbocycles. The maximum Gasteiger partial charge on any atom is 0.230 e. The van der Waals surface area contributed by atoms with E-state index in [-0.39, 0.29) is 6.10 Å². The maximum atomic E-state index is 6.23. The molecule has 1 heterocycles. The largest absolute Gasteiger partial charge is 0.489 e. The van der Waals surface area contributed by atoms with Crippen molar-refractivity contribution in [1.82, 2.24) is 15.5 Å². The minimum atomic E-state index is 0.194. The topological polar surface area (TPSA) is 60.2 Å². The van der Waals surface area contributed by atoms with Crippen LogP contribution in [0.5, 0.6) is 5.75 Å². The van der Waals surface area contributed by atoms with Crippen LogP contribution in [0.2, 0.25) is 0 Å². The monoisotopic (exact) mass is 315 g/mol. The van der Waals surface area contributed by atoms with Crippen LogP contribution in [-0.4, -0.2) is 22.3 Å². The van der Waals surface area contributed by atoms with Gasteiger partial charge in [0.15, 0.2) is 0 Å². The van der Waals surface area contributed by atoms with Crippen molar-refractivity contribution >= 4 is 0 Å². The van der Waals surface area contributed by atoms with Gasteiger partial charge < -0.3 is 14.5 Å². The van der Waals surface area contributed by atoms with Crippen LogP contribution in [0, 0.1) is 6.92 Å². The standard InChI is InChI=1S/C18H25N3O2/c1-3-17-20-21-18(23-17)12-19-15-9-4-5-10-16(15)22-14-8-6-7-13(2)11-14/h6-8,11,15-16,19H,3-5,9-10,12H2,1-2H3/t15-,16+/m1/s1. The summed E-state index contributed by atoms with van der Waals surface area (Å²) in [5, 5.41) is 11.6. The van der Waals surface area contributed by atoms with Gasteiger partial charge in [0.05, 0.1) is 6.54 Å². The third kappa shape index (κ3) is 4.32. The molecule has 2 atom stereocenters. The Kier molecular flexibility index (Phi) is 5.28. The van der Waals surface area contributed by atoms with Crippen molar-refractivity contribution in [1.29, 1.82) is 0 Å². The molecule has 0 radical (unpaired) electrons. The highest BCUT2D eigenvalue weighted by Gasteiger charge is 2.27. The van der Waals surface area contributed by atoms with Crippen molar-refractivity contribution in [3.63, 3.8) is 0 Å². The molecule has 0 aliphatic heterocycles. The molecule has 0 unspecified atom stereocenters. The third-order valence-electron chi connectivity index (χ3n) is 4.31. The van der Waals surface area contributed by atoms with Crippen LogP contribution in [0.4, 0.5) is 0 Å². The quantitative estimate of drug-likeness (QED) is 0.885. The van der Waals surface area contributed by atoms with Crippen molar-refractivity contribution < 1.29 is 9.15 Å². The number of hydrogen-bond donors (Lipinski definition) is 1. The Hall–Kier alpha value is -1.88. The molecular formula is C18H25N3O2. The van der Waals surface area contributed by atoms with E-state index in [4.69, 9.17) is 9.15 Å². The van der Waals surface area contributed by atoms with Crippen LogP contribution in [0.15, 0.2) is 28.7 Å². The smallest absolute Gasteiger partial charge is 0.230 e. The summed E-state index contributed by atoms with van der Waals surface area (Å²) >= 11 is 0. The lowest BCUT2D eigenvalue weighted by molar-refractivity contribution is 0.111. The number of rotatable bonds is 6. The minimum Gasteiger partial charge on any atom is -0.489 e. The normalized spacial score (nSPS) is 21.3. The first-order valence-electron chi connectivity index (χ1n) is 8.52. The summed E-state index contributed by atoms with van der Waals surface area (Å²) in [7, 11) is 0. The van der Waals surface area contributed by atoms with Crippen LogP contribution >= 0.6 is 0 Å². The predicted octanol–water partition coefficient (Wildman–Crippen LogP) is 3.42. The molecule has 0 saturated heterocycles. The van der Waals surface area contributed by atoms with E-state index in [0.29, 0.717) is 24.4 Å². The highest BCUT2D eigenvalue weighted by Crippen LogP contribution is 2.24. The first-order chi connectivity index (χ1) is 11.2. The lowest BCUT2D eigenvalue weighted by Gasteiger charge is -2.32. The van der Waals surface area contributed by atoms with Crippen LogP contribution < -0.4 is 10.1 Å². The highest BCUT2D eigenvalue weighted by atomic mass is 16.5. The third-order valence-corrected chi connectivity index (χ3v) is 4.31. The Bertz CT molecular complexity index is 626. The van der Waals surface area contributed by atoms with Gasteiger partial charge >= 0.3 is 0 Å². The summed E-state index contributed by atoms with van der Waals surface area (Å²) in [5.74, 6) is 2.30. The van der Waals surface area contributed by atoms with E-state index in [1.807, 2.05) is 19.1 Å². The van der Waals surface area contributed by atoms with Gasteiger partial charge in [-0.3, -0.25) is 0 Å². The molecule has 1 fully saturated rings. The summed E-state index contributed by atoms with van der Waals surface area (Å²) in [5.41, 5.74) is 1.22. The van der Waals surface area contributed by atoms with Crippen molar-refractivity contribution in [2.45, 2.75) is 64.6 Å². The lowest BCUT2D eigenvalue weighted by atomic mass is 9.92. The zero-order chi connectivity index (χ0) is 16.1. The fourth-order valence-electron chi connectivity index (χ4n) is 3.06. The van der Waals surface area contributed by atoms with E-state index in [2.05, 4.69) is 34.6 Å². The van der Waals surface area contributed by atoms with Crippen LogP contribution in [0.3, 0.4) is 0 Å². The molecule has 0 bridgehead atoms. The Morgan fingerprint density at radius 1 is 1.22 bits per heavy atom.